The number of carbonyl (C=O) groups is 1. The van der Waals surface area contributed by atoms with E-state index >= 15 is 0 Å². The summed E-state index contributed by atoms with van der Waals surface area (Å²) in [4.78, 5) is 31.6. The molecule has 1 aromatic rings. The summed E-state index contributed by atoms with van der Waals surface area (Å²) in [7, 11) is 0. The zero-order valence-electron chi connectivity index (χ0n) is 11.5. The first-order valence-corrected chi connectivity index (χ1v) is 6.43. The average Bonchev–Trinajstić information content (AvgIpc) is 2.47. The van der Waals surface area contributed by atoms with Crippen LogP contribution in [-0.2, 0) is 9.53 Å². The summed E-state index contributed by atoms with van der Waals surface area (Å²) in [5.74, 6) is -0.437. The molecule has 10 nitrogen and oxygen atoms in total. The van der Waals surface area contributed by atoms with Crippen molar-refractivity contribution in [2.45, 2.75) is 13.0 Å². The number of nitrogens with two attached hydrogens (primary N) is 1. The first-order chi connectivity index (χ1) is 10.1. The van der Waals surface area contributed by atoms with E-state index in [1.54, 1.807) is 6.92 Å². The van der Waals surface area contributed by atoms with E-state index < -0.39 is 16.9 Å². The van der Waals surface area contributed by atoms with Gasteiger partial charge >= 0.3 is 5.69 Å². The predicted octanol–water partition coefficient (Wildman–Crippen LogP) is -0.493. The number of anilines is 2. The van der Waals surface area contributed by atoms with Gasteiger partial charge in [-0.15, -0.1) is 0 Å². The summed E-state index contributed by atoms with van der Waals surface area (Å²) in [6, 6.07) is -0.790. The first kappa shape index (κ1) is 14.9. The van der Waals surface area contributed by atoms with Crippen LogP contribution < -0.4 is 16.0 Å². The third-order valence-corrected chi connectivity index (χ3v) is 3.06. The van der Waals surface area contributed by atoms with Gasteiger partial charge in [0.05, 0.1) is 18.1 Å². The minimum atomic E-state index is -0.790. The van der Waals surface area contributed by atoms with Crippen LogP contribution in [-0.4, -0.2) is 53.1 Å². The van der Waals surface area contributed by atoms with Crippen molar-refractivity contribution in [2.75, 3.05) is 36.5 Å². The fourth-order valence-corrected chi connectivity index (χ4v) is 2.14. The van der Waals surface area contributed by atoms with Crippen molar-refractivity contribution < 1.29 is 14.5 Å². The molecule has 1 aromatic heterocycles. The van der Waals surface area contributed by atoms with Crippen LogP contribution in [0.3, 0.4) is 0 Å². The maximum atomic E-state index is 11.5. The third kappa shape index (κ3) is 2.99. The Hall–Kier alpha value is -2.49. The number of hydrogen-bond donors (Lipinski definition) is 2. The molecule has 3 N–H and O–H groups in total. The molecule has 1 aliphatic heterocycles. The van der Waals surface area contributed by atoms with Crippen LogP contribution in [0.15, 0.2) is 6.33 Å². The Morgan fingerprint density at radius 2 is 2.43 bits per heavy atom. The van der Waals surface area contributed by atoms with Gasteiger partial charge in [-0.1, -0.05) is 0 Å². The molecule has 10 heteroatoms. The number of rotatable bonds is 5. The van der Waals surface area contributed by atoms with E-state index in [1.165, 1.54) is 11.2 Å². The lowest BCUT2D eigenvalue weighted by atomic mass is 10.2. The summed E-state index contributed by atoms with van der Waals surface area (Å²) in [5.41, 5.74) is 5.06. The van der Waals surface area contributed by atoms with E-state index in [9.17, 15) is 14.9 Å². The molecule has 0 aromatic carbocycles. The Balaban J connectivity index is 2.48. The number of aromatic nitrogens is 2. The number of morpholine rings is 1. The van der Waals surface area contributed by atoms with Crippen LogP contribution in [0.5, 0.6) is 0 Å². The van der Waals surface area contributed by atoms with Gasteiger partial charge in [-0.2, -0.15) is 0 Å². The van der Waals surface area contributed by atoms with Gasteiger partial charge in [-0.3, -0.25) is 14.9 Å². The Morgan fingerprint density at radius 3 is 3.05 bits per heavy atom. The van der Waals surface area contributed by atoms with Crippen LogP contribution in [0.4, 0.5) is 17.3 Å². The predicted molar refractivity (Wildman–Crippen MR) is 74.0 cm³/mol. The number of nitrogens with one attached hydrogen (secondary N) is 1. The van der Waals surface area contributed by atoms with Gasteiger partial charge in [0.25, 0.3) is 0 Å². The van der Waals surface area contributed by atoms with E-state index in [0.717, 1.165) is 0 Å². The van der Waals surface area contributed by atoms with Gasteiger partial charge in [0.15, 0.2) is 0 Å². The van der Waals surface area contributed by atoms with Crippen LogP contribution in [0.2, 0.25) is 0 Å². The van der Waals surface area contributed by atoms with Crippen molar-refractivity contribution in [3.05, 3.63) is 16.4 Å². The molecule has 0 bridgehead atoms. The van der Waals surface area contributed by atoms with Crippen LogP contribution >= 0.6 is 0 Å². The molecule has 1 aliphatic rings. The molecule has 1 amide bonds. The van der Waals surface area contributed by atoms with Gasteiger partial charge < -0.3 is 20.7 Å². The second-order valence-electron chi connectivity index (χ2n) is 4.37. The van der Waals surface area contributed by atoms with Gasteiger partial charge in [-0.25, -0.2) is 9.97 Å². The highest BCUT2D eigenvalue weighted by atomic mass is 16.6. The number of amides is 1. The van der Waals surface area contributed by atoms with Gasteiger partial charge in [0, 0.05) is 13.1 Å². The van der Waals surface area contributed by atoms with Crippen molar-refractivity contribution in [1.82, 2.24) is 9.97 Å². The van der Waals surface area contributed by atoms with Gasteiger partial charge in [-0.05, 0) is 6.92 Å². The van der Waals surface area contributed by atoms with Crippen molar-refractivity contribution in [3.8, 4) is 0 Å². The fourth-order valence-electron chi connectivity index (χ4n) is 2.14. The average molecular weight is 296 g/mol. The molecule has 2 rings (SSSR count). The highest BCUT2D eigenvalue weighted by Crippen LogP contribution is 2.33. The lowest BCUT2D eigenvalue weighted by molar-refractivity contribution is -0.383. The Kier molecular flexibility index (Phi) is 4.48. The molecule has 1 atom stereocenters. The number of nitro groups is 1. The van der Waals surface area contributed by atoms with Crippen molar-refractivity contribution in [2.24, 2.45) is 5.73 Å². The smallest absolute Gasteiger partial charge is 0.353 e. The van der Waals surface area contributed by atoms with Crippen LogP contribution in [0, 0.1) is 10.1 Å². The molecule has 1 fully saturated rings. The third-order valence-electron chi connectivity index (χ3n) is 3.06. The highest BCUT2D eigenvalue weighted by Gasteiger charge is 2.35. The Labute approximate surface area is 120 Å². The Bertz CT molecular complexity index is 552. The lowest BCUT2D eigenvalue weighted by Gasteiger charge is -2.33. The van der Waals surface area contributed by atoms with Gasteiger partial charge in [0.1, 0.15) is 12.4 Å². The second-order valence-corrected chi connectivity index (χ2v) is 4.37. The maximum Gasteiger partial charge on any atom is 0.353 e. The summed E-state index contributed by atoms with van der Waals surface area (Å²) >= 11 is 0. The summed E-state index contributed by atoms with van der Waals surface area (Å²) in [6.45, 7) is 2.97. The molecule has 1 saturated heterocycles. The monoisotopic (exact) mass is 296 g/mol. The van der Waals surface area contributed by atoms with Crippen LogP contribution in [0.1, 0.15) is 6.92 Å². The molecule has 2 heterocycles. The molecule has 0 saturated carbocycles. The van der Waals surface area contributed by atoms with E-state index in [-0.39, 0.29) is 30.5 Å². The van der Waals surface area contributed by atoms with E-state index in [1.807, 2.05) is 0 Å². The number of primary amides is 1. The van der Waals surface area contributed by atoms with Crippen LogP contribution in [0.25, 0.3) is 0 Å². The minimum absolute atomic E-state index is 0.0676. The van der Waals surface area contributed by atoms with E-state index in [4.69, 9.17) is 10.5 Å². The zero-order valence-corrected chi connectivity index (χ0v) is 11.5. The van der Waals surface area contributed by atoms with Crippen molar-refractivity contribution in [1.29, 1.82) is 0 Å². The zero-order chi connectivity index (χ0) is 15.4. The van der Waals surface area contributed by atoms with Crippen molar-refractivity contribution >= 4 is 23.2 Å². The lowest BCUT2D eigenvalue weighted by Crippen LogP contribution is -2.53. The molecule has 0 radical (unpaired) electrons. The Morgan fingerprint density at radius 1 is 1.67 bits per heavy atom. The molecule has 114 valence electrons. The summed E-state index contributed by atoms with van der Waals surface area (Å²) in [6.07, 6.45) is 1.22. The maximum absolute atomic E-state index is 11.5. The number of carbonyl (C=O) groups excluding carboxylic acids is 1. The first-order valence-electron chi connectivity index (χ1n) is 6.43. The normalized spacial score (nSPS) is 18.3. The fraction of sp³-hybridized carbons (Fsp3) is 0.545. The van der Waals surface area contributed by atoms with Crippen molar-refractivity contribution in [3.63, 3.8) is 0 Å². The molecule has 0 spiro atoms. The summed E-state index contributed by atoms with van der Waals surface area (Å²) in [5, 5.41) is 14.2. The SMILES string of the molecule is CCNc1ncnc(N2CCOCC2C(N)=O)c1[N+](=O)[O-]. The number of nitrogens with zero attached hydrogens (tertiary/aromatic N) is 4. The summed E-state index contributed by atoms with van der Waals surface area (Å²) < 4.78 is 5.20. The highest BCUT2D eigenvalue weighted by molar-refractivity contribution is 5.85. The quantitative estimate of drug-likeness (QED) is 0.548. The topological polar surface area (TPSA) is 137 Å². The molecule has 21 heavy (non-hydrogen) atoms. The largest absolute Gasteiger partial charge is 0.377 e. The molecular formula is C11H16N6O4. The standard InChI is InChI=1S/C11H16N6O4/c1-2-13-10-8(17(19)20)11(15-6-14-10)16-3-4-21-5-7(16)9(12)18/h6-7H,2-5H2,1H3,(H2,12,18)(H,13,14,15). The van der Waals surface area contributed by atoms with Gasteiger partial charge in [0.2, 0.25) is 17.5 Å². The number of hydrogen-bond acceptors (Lipinski definition) is 8. The minimum Gasteiger partial charge on any atom is -0.377 e. The molecule has 0 aliphatic carbocycles. The second kappa shape index (κ2) is 6.31. The van der Waals surface area contributed by atoms with E-state index in [0.29, 0.717) is 13.2 Å². The molecular weight excluding hydrogens is 280 g/mol. The van der Waals surface area contributed by atoms with E-state index in [2.05, 4.69) is 15.3 Å². The number of ether oxygens (including phenoxy) is 1. The molecule has 1 unspecified atom stereocenters.